The molecule has 0 radical (unpaired) electrons. The van der Waals surface area contributed by atoms with Crippen LogP contribution in [0.15, 0.2) is 53.7 Å². The molecule has 1 aliphatic heterocycles. The average molecular weight is 567 g/mol. The molecule has 1 fully saturated rings. The number of hydrogen-bond acceptors (Lipinski definition) is 9. The zero-order chi connectivity index (χ0) is 24.6. The molecule has 10 nitrogen and oxygen atoms in total. The van der Waals surface area contributed by atoms with Crippen LogP contribution in [-0.2, 0) is 7.05 Å². The number of halogens is 2. The number of aromatic nitrogens is 6. The van der Waals surface area contributed by atoms with Gasteiger partial charge in [0.1, 0.15) is 28.9 Å². The van der Waals surface area contributed by atoms with Crippen LogP contribution in [0.1, 0.15) is 0 Å². The van der Waals surface area contributed by atoms with Crippen LogP contribution in [0.25, 0.3) is 22.1 Å². The Hall–Kier alpha value is -3.54. The number of aryl methyl sites for hydroxylation is 1. The van der Waals surface area contributed by atoms with Crippen LogP contribution in [0.4, 0.5) is 17.5 Å². The maximum Gasteiger partial charge on any atom is 0.226 e. The fraction of sp³-hybridized carbons (Fsp3) is 0.208. The molecule has 2 aromatic carbocycles. The number of nitrogens with one attached hydrogen (secondary N) is 2. The Morgan fingerprint density at radius 1 is 1.06 bits per heavy atom. The van der Waals surface area contributed by atoms with Crippen molar-refractivity contribution in [2.75, 3.05) is 36.4 Å². The molecule has 1 saturated heterocycles. The highest BCUT2D eigenvalue weighted by atomic mass is 79.9. The Kier molecular flexibility index (Phi) is 6.04. The van der Waals surface area contributed by atoms with Crippen molar-refractivity contribution in [2.45, 2.75) is 0 Å². The first-order valence-corrected chi connectivity index (χ1v) is 12.5. The molecule has 36 heavy (non-hydrogen) atoms. The van der Waals surface area contributed by atoms with Gasteiger partial charge in [-0.25, -0.2) is 24.9 Å². The van der Waals surface area contributed by atoms with Gasteiger partial charge in [-0.2, -0.15) is 0 Å². The van der Waals surface area contributed by atoms with Crippen molar-refractivity contribution in [3.05, 3.63) is 58.7 Å². The highest BCUT2D eigenvalue weighted by Gasteiger charge is 2.17. The maximum absolute atomic E-state index is 6.65. The number of rotatable bonds is 5. The molecule has 0 atom stereocenters. The minimum atomic E-state index is 0.468. The van der Waals surface area contributed by atoms with Crippen LogP contribution < -0.4 is 20.3 Å². The van der Waals surface area contributed by atoms with Crippen LogP contribution in [0.2, 0.25) is 5.02 Å². The van der Waals surface area contributed by atoms with Crippen LogP contribution in [-0.4, -0.2) is 55.7 Å². The summed E-state index contributed by atoms with van der Waals surface area (Å²) in [5.41, 5.74) is 3.80. The first-order valence-electron chi connectivity index (χ1n) is 11.3. The van der Waals surface area contributed by atoms with Crippen molar-refractivity contribution in [2.24, 2.45) is 7.05 Å². The second-order valence-electron chi connectivity index (χ2n) is 8.36. The van der Waals surface area contributed by atoms with Crippen molar-refractivity contribution >= 4 is 67.1 Å². The van der Waals surface area contributed by atoms with Gasteiger partial charge in [0, 0.05) is 45.4 Å². The number of hydrogen-bond donors (Lipinski definition) is 2. The number of benzene rings is 2. The Balaban J connectivity index is 1.28. The summed E-state index contributed by atoms with van der Waals surface area (Å²) in [5.74, 6) is 2.44. The topological polar surface area (TPSA) is 106 Å². The van der Waals surface area contributed by atoms with Gasteiger partial charge in [0.15, 0.2) is 5.82 Å². The molecule has 0 amide bonds. The summed E-state index contributed by atoms with van der Waals surface area (Å²) < 4.78 is 8.79. The molecule has 0 spiro atoms. The van der Waals surface area contributed by atoms with E-state index in [0.717, 1.165) is 41.7 Å². The molecule has 182 valence electrons. The summed E-state index contributed by atoms with van der Waals surface area (Å²) in [6.45, 7) is 3.47. The van der Waals surface area contributed by atoms with Gasteiger partial charge in [-0.05, 0) is 34.1 Å². The zero-order valence-corrected chi connectivity index (χ0v) is 21.6. The molecule has 3 aromatic heterocycles. The number of fused-ring (bicyclic) bond motifs is 2. The molecule has 0 aliphatic carbocycles. The van der Waals surface area contributed by atoms with Gasteiger partial charge in [-0.15, -0.1) is 0 Å². The van der Waals surface area contributed by atoms with E-state index < -0.39 is 0 Å². The third-order valence-electron chi connectivity index (χ3n) is 5.96. The lowest BCUT2D eigenvalue weighted by molar-refractivity contribution is 0.480. The van der Waals surface area contributed by atoms with Crippen LogP contribution in [0.3, 0.4) is 0 Å². The normalized spacial score (nSPS) is 13.9. The smallest absolute Gasteiger partial charge is 0.226 e. The van der Waals surface area contributed by atoms with Crippen molar-refractivity contribution in [1.82, 2.24) is 34.8 Å². The van der Waals surface area contributed by atoms with E-state index in [1.165, 1.54) is 6.33 Å². The lowest BCUT2D eigenvalue weighted by Gasteiger charge is -2.27. The molecule has 0 bridgehead atoms. The van der Waals surface area contributed by atoms with Gasteiger partial charge >= 0.3 is 0 Å². The molecule has 0 saturated carbocycles. The molecular formula is C24H21BrClN9O. The molecule has 5 aromatic rings. The summed E-state index contributed by atoms with van der Waals surface area (Å²) in [5, 5.41) is 7.11. The third kappa shape index (κ3) is 4.41. The monoisotopic (exact) mass is 565 g/mol. The lowest BCUT2D eigenvalue weighted by atomic mass is 10.2. The van der Waals surface area contributed by atoms with E-state index in [0.29, 0.717) is 45.0 Å². The Morgan fingerprint density at radius 3 is 2.78 bits per heavy atom. The van der Waals surface area contributed by atoms with Gasteiger partial charge in [0.2, 0.25) is 5.95 Å². The van der Waals surface area contributed by atoms with Gasteiger partial charge in [-0.3, -0.25) is 0 Å². The lowest BCUT2D eigenvalue weighted by Crippen LogP contribution is -2.44. The van der Waals surface area contributed by atoms with Crippen LogP contribution in [0, 0.1) is 0 Å². The summed E-state index contributed by atoms with van der Waals surface area (Å²) in [4.78, 5) is 24.5. The van der Waals surface area contributed by atoms with E-state index in [4.69, 9.17) is 21.3 Å². The van der Waals surface area contributed by atoms with E-state index in [2.05, 4.69) is 51.4 Å². The highest BCUT2D eigenvalue weighted by Crippen LogP contribution is 2.39. The van der Waals surface area contributed by atoms with E-state index in [1.54, 1.807) is 18.6 Å². The number of imidazole rings is 1. The van der Waals surface area contributed by atoms with Crippen molar-refractivity contribution < 1.29 is 4.74 Å². The zero-order valence-electron chi connectivity index (χ0n) is 19.2. The van der Waals surface area contributed by atoms with Gasteiger partial charge in [0.25, 0.3) is 0 Å². The summed E-state index contributed by atoms with van der Waals surface area (Å²) in [6, 6.07) is 9.37. The van der Waals surface area contributed by atoms with Crippen molar-refractivity contribution in [1.29, 1.82) is 0 Å². The predicted octanol–water partition coefficient (Wildman–Crippen LogP) is 4.67. The largest absolute Gasteiger partial charge is 0.456 e. The Morgan fingerprint density at radius 2 is 1.92 bits per heavy atom. The van der Waals surface area contributed by atoms with E-state index >= 15 is 0 Å². The van der Waals surface area contributed by atoms with E-state index in [1.807, 2.05) is 35.9 Å². The van der Waals surface area contributed by atoms with Crippen molar-refractivity contribution in [3.63, 3.8) is 0 Å². The minimum Gasteiger partial charge on any atom is -0.456 e. The Labute approximate surface area is 219 Å². The van der Waals surface area contributed by atoms with Gasteiger partial charge in [0.05, 0.1) is 38.7 Å². The number of nitrogens with zero attached hydrogens (tertiary/aromatic N) is 7. The van der Waals surface area contributed by atoms with E-state index in [-0.39, 0.29) is 0 Å². The fourth-order valence-corrected chi connectivity index (χ4v) is 4.72. The molecule has 2 N–H and O–H groups in total. The quantitative estimate of drug-likeness (QED) is 0.314. The number of ether oxygens (including phenoxy) is 1. The SMILES string of the molecule is Cn1cnc2cc(Oc3cc(Cl)c(Nc4ncnc5cnc(N6CCNCC6)nc45)cc3Br)ccc21. The summed E-state index contributed by atoms with van der Waals surface area (Å²) >= 11 is 10.3. The maximum atomic E-state index is 6.65. The van der Waals surface area contributed by atoms with Crippen molar-refractivity contribution in [3.8, 4) is 11.5 Å². The predicted molar refractivity (Wildman–Crippen MR) is 143 cm³/mol. The summed E-state index contributed by atoms with van der Waals surface area (Å²) in [6.07, 6.45) is 4.97. The van der Waals surface area contributed by atoms with Crippen LogP contribution in [0.5, 0.6) is 11.5 Å². The second-order valence-corrected chi connectivity index (χ2v) is 9.62. The first-order chi connectivity index (χ1) is 17.5. The number of piperazine rings is 1. The van der Waals surface area contributed by atoms with Gasteiger partial charge < -0.3 is 24.8 Å². The first kappa shape index (κ1) is 22.9. The third-order valence-corrected chi connectivity index (χ3v) is 6.90. The minimum absolute atomic E-state index is 0.468. The molecule has 12 heteroatoms. The molecule has 6 rings (SSSR count). The van der Waals surface area contributed by atoms with Crippen LogP contribution >= 0.6 is 27.5 Å². The second kappa shape index (κ2) is 9.49. The molecule has 4 heterocycles. The summed E-state index contributed by atoms with van der Waals surface area (Å²) in [7, 11) is 1.96. The molecular weight excluding hydrogens is 546 g/mol. The average Bonchev–Trinajstić information content (AvgIpc) is 3.27. The Bertz CT molecular complexity index is 1590. The fourth-order valence-electron chi connectivity index (χ4n) is 4.09. The standard InChI is InChI=1S/C24H21BrClN9O/c1-34-13-31-18-8-14(2-3-20(18)34)36-21-10-16(26)17(9-15(21)25)32-23-22-19(29-12-30-23)11-28-24(33-22)35-6-4-27-5-7-35/h2-3,8-13,27H,4-7H2,1H3,(H,29,30,32). The molecule has 1 aliphatic rings. The number of anilines is 3. The van der Waals surface area contributed by atoms with E-state index in [9.17, 15) is 0 Å². The van der Waals surface area contributed by atoms with Gasteiger partial charge in [-0.1, -0.05) is 11.6 Å². The highest BCUT2D eigenvalue weighted by molar-refractivity contribution is 9.10. The molecule has 0 unspecified atom stereocenters.